The Morgan fingerprint density at radius 1 is 0.932 bits per heavy atom. The quantitative estimate of drug-likeness (QED) is 0.0989. The first-order valence-corrected chi connectivity index (χ1v) is 16.8. The highest BCUT2D eigenvalue weighted by molar-refractivity contribution is 9.10. The van der Waals surface area contributed by atoms with Crippen LogP contribution in [0, 0.1) is 0 Å². The lowest BCUT2D eigenvalue weighted by atomic mass is 9.93. The van der Waals surface area contributed by atoms with Crippen molar-refractivity contribution in [2.75, 3.05) is 32.6 Å². The maximum Gasteiger partial charge on any atom is 0.338 e. The molecular formula is C36H47BrN2O5. The zero-order valence-electron chi connectivity index (χ0n) is 26.4. The average Bonchev–Trinajstić information content (AvgIpc) is 3.05. The van der Waals surface area contributed by atoms with Gasteiger partial charge in [-0.2, -0.15) is 0 Å². The van der Waals surface area contributed by atoms with Gasteiger partial charge in [-0.3, -0.25) is 9.69 Å². The highest BCUT2D eigenvalue weighted by atomic mass is 79.9. The molecule has 2 N–H and O–H groups in total. The van der Waals surface area contributed by atoms with E-state index in [9.17, 15) is 9.59 Å². The van der Waals surface area contributed by atoms with E-state index in [1.54, 1.807) is 13.2 Å². The lowest BCUT2D eigenvalue weighted by Gasteiger charge is -2.34. The molecule has 0 radical (unpaired) electrons. The Hall–Kier alpha value is -3.10. The molecule has 0 amide bonds. The Morgan fingerprint density at radius 3 is 2.32 bits per heavy atom. The highest BCUT2D eigenvalue weighted by Crippen LogP contribution is 2.30. The van der Waals surface area contributed by atoms with E-state index in [-0.39, 0.29) is 17.9 Å². The molecule has 0 aromatic heterocycles. The monoisotopic (exact) mass is 666 g/mol. The van der Waals surface area contributed by atoms with Gasteiger partial charge in [-0.1, -0.05) is 50.5 Å². The third kappa shape index (κ3) is 9.21. The molecule has 0 aliphatic heterocycles. The van der Waals surface area contributed by atoms with Crippen molar-refractivity contribution >= 4 is 44.3 Å². The molecule has 0 heterocycles. The summed E-state index contributed by atoms with van der Waals surface area (Å²) in [5.74, 6) is -0.0829. The Labute approximate surface area is 270 Å². The molecule has 0 saturated heterocycles. The molecule has 1 unspecified atom stereocenters. The van der Waals surface area contributed by atoms with Gasteiger partial charge in [-0.15, -0.1) is 0 Å². The zero-order valence-corrected chi connectivity index (χ0v) is 28.0. The van der Waals surface area contributed by atoms with Crippen LogP contribution < -0.4 is 10.5 Å². The maximum atomic E-state index is 12.8. The predicted molar refractivity (Wildman–Crippen MR) is 180 cm³/mol. The van der Waals surface area contributed by atoms with Gasteiger partial charge in [0.1, 0.15) is 5.75 Å². The summed E-state index contributed by atoms with van der Waals surface area (Å²) < 4.78 is 17.2. The number of hydrogen-bond acceptors (Lipinski definition) is 7. The standard InChI is InChI=1S/C36H47BrN2O5/c1-4-39(31-12-8-7-9-13-31)24-30-21-29(23-33(37)34(30)38)36(41)44-19-11-6-5-10-18-43-35(40)25(2)26-14-15-28-22-32(42-3)17-16-27(28)20-26/h14-17,20-23,25,31H,4-13,18-19,24,38H2,1-3H3. The van der Waals surface area contributed by atoms with Crippen LogP contribution in [-0.4, -0.2) is 49.7 Å². The highest BCUT2D eigenvalue weighted by Gasteiger charge is 2.22. The van der Waals surface area contributed by atoms with E-state index >= 15 is 0 Å². The van der Waals surface area contributed by atoms with E-state index in [2.05, 4.69) is 27.8 Å². The minimum absolute atomic E-state index is 0.221. The van der Waals surface area contributed by atoms with Crippen molar-refractivity contribution in [3.8, 4) is 5.75 Å². The fourth-order valence-electron chi connectivity index (χ4n) is 5.97. The number of anilines is 1. The summed E-state index contributed by atoms with van der Waals surface area (Å²) in [6, 6.07) is 16.1. The fraction of sp³-hybridized carbons (Fsp3) is 0.500. The summed E-state index contributed by atoms with van der Waals surface area (Å²) >= 11 is 3.55. The number of methoxy groups -OCH3 is 1. The predicted octanol–water partition coefficient (Wildman–Crippen LogP) is 8.41. The third-order valence-corrected chi connectivity index (χ3v) is 9.42. The van der Waals surface area contributed by atoms with Gasteiger partial charge in [-0.05, 0) is 114 Å². The number of nitrogens with zero attached hydrogens (tertiary/aromatic N) is 1. The van der Waals surface area contributed by atoms with Crippen LogP contribution in [0.2, 0.25) is 0 Å². The Morgan fingerprint density at radius 2 is 1.61 bits per heavy atom. The SMILES string of the molecule is CCN(Cc1cc(C(=O)OCCCCCCOC(=O)C(C)c2ccc3cc(OC)ccc3c2)cc(Br)c1N)C1CCCCC1. The second-order valence-electron chi connectivity index (χ2n) is 11.8. The summed E-state index contributed by atoms with van der Waals surface area (Å²) in [5, 5.41) is 2.13. The largest absolute Gasteiger partial charge is 0.497 e. The number of benzene rings is 3. The molecule has 3 aromatic carbocycles. The number of ether oxygens (including phenoxy) is 3. The molecule has 1 aliphatic rings. The van der Waals surface area contributed by atoms with E-state index in [4.69, 9.17) is 19.9 Å². The number of rotatable bonds is 15. The van der Waals surface area contributed by atoms with Gasteiger partial charge in [0.25, 0.3) is 0 Å². The first-order chi connectivity index (χ1) is 21.3. The molecule has 0 spiro atoms. The van der Waals surface area contributed by atoms with E-state index in [1.807, 2.05) is 49.4 Å². The van der Waals surface area contributed by atoms with Crippen LogP contribution in [0.5, 0.6) is 5.75 Å². The Kier molecular flexibility index (Phi) is 12.9. The first-order valence-electron chi connectivity index (χ1n) is 16.0. The number of esters is 2. The number of fused-ring (bicyclic) bond motifs is 1. The Bertz CT molecular complexity index is 1400. The molecule has 1 atom stereocenters. The molecule has 1 saturated carbocycles. The minimum Gasteiger partial charge on any atom is -0.497 e. The fourth-order valence-corrected chi connectivity index (χ4v) is 6.47. The number of carbonyl (C=O) groups excluding carboxylic acids is 2. The van der Waals surface area contributed by atoms with Gasteiger partial charge in [-0.25, -0.2) is 4.79 Å². The van der Waals surface area contributed by atoms with Crippen LogP contribution in [0.25, 0.3) is 10.8 Å². The summed E-state index contributed by atoms with van der Waals surface area (Å²) in [7, 11) is 1.65. The third-order valence-electron chi connectivity index (χ3n) is 8.76. The molecule has 3 aromatic rings. The molecule has 0 bridgehead atoms. The van der Waals surface area contributed by atoms with Crippen LogP contribution in [0.15, 0.2) is 53.0 Å². The molecule has 1 aliphatic carbocycles. The van der Waals surface area contributed by atoms with E-state index in [1.165, 1.54) is 32.1 Å². The average molecular weight is 668 g/mol. The van der Waals surface area contributed by atoms with Gasteiger partial charge in [0, 0.05) is 17.1 Å². The zero-order chi connectivity index (χ0) is 31.5. The van der Waals surface area contributed by atoms with E-state index < -0.39 is 0 Å². The van der Waals surface area contributed by atoms with Crippen molar-refractivity contribution in [2.24, 2.45) is 0 Å². The number of nitrogen functional groups attached to an aromatic ring is 1. The number of hydrogen-bond donors (Lipinski definition) is 1. The van der Waals surface area contributed by atoms with Gasteiger partial charge in [0.2, 0.25) is 0 Å². The van der Waals surface area contributed by atoms with E-state index in [0.29, 0.717) is 30.5 Å². The molecule has 238 valence electrons. The van der Waals surface area contributed by atoms with Gasteiger partial charge >= 0.3 is 11.9 Å². The number of halogens is 1. The van der Waals surface area contributed by atoms with E-state index in [0.717, 1.165) is 70.9 Å². The second kappa shape index (κ2) is 16.8. The number of nitrogens with two attached hydrogens (primary N) is 1. The summed E-state index contributed by atoms with van der Waals surface area (Å²) in [6.07, 6.45) is 9.62. The van der Waals surface area contributed by atoms with Crippen LogP contribution in [0.3, 0.4) is 0 Å². The normalized spacial score (nSPS) is 14.5. The number of unbranched alkanes of at least 4 members (excludes halogenated alkanes) is 3. The molecule has 44 heavy (non-hydrogen) atoms. The van der Waals surface area contributed by atoms with Gasteiger partial charge < -0.3 is 19.9 Å². The second-order valence-corrected chi connectivity index (χ2v) is 12.7. The van der Waals surface area contributed by atoms with Crippen molar-refractivity contribution in [3.63, 3.8) is 0 Å². The topological polar surface area (TPSA) is 91.1 Å². The smallest absolute Gasteiger partial charge is 0.338 e. The van der Waals surface area contributed by atoms with Crippen molar-refractivity contribution in [3.05, 3.63) is 69.7 Å². The first kappa shape index (κ1) is 33.8. The summed E-state index contributed by atoms with van der Waals surface area (Å²) in [5.41, 5.74) is 9.50. The molecular weight excluding hydrogens is 620 g/mol. The van der Waals surface area contributed by atoms with Crippen LogP contribution >= 0.6 is 15.9 Å². The molecule has 8 heteroatoms. The van der Waals surface area contributed by atoms with Crippen molar-refractivity contribution < 1.29 is 23.8 Å². The summed E-state index contributed by atoms with van der Waals surface area (Å²) in [4.78, 5) is 28.0. The Balaban J connectivity index is 1.15. The van der Waals surface area contributed by atoms with Crippen LogP contribution in [0.4, 0.5) is 5.69 Å². The lowest BCUT2D eigenvalue weighted by Crippen LogP contribution is -2.36. The lowest BCUT2D eigenvalue weighted by molar-refractivity contribution is -0.145. The van der Waals surface area contributed by atoms with Gasteiger partial charge in [0.15, 0.2) is 0 Å². The van der Waals surface area contributed by atoms with Gasteiger partial charge in [0.05, 0.1) is 37.5 Å². The molecule has 7 nitrogen and oxygen atoms in total. The van der Waals surface area contributed by atoms with Crippen LogP contribution in [0.1, 0.15) is 99.0 Å². The van der Waals surface area contributed by atoms with Crippen molar-refractivity contribution in [1.29, 1.82) is 0 Å². The maximum absolute atomic E-state index is 12.8. The summed E-state index contributed by atoms with van der Waals surface area (Å²) in [6.45, 7) is 6.48. The minimum atomic E-state index is -0.341. The number of carbonyl (C=O) groups is 2. The van der Waals surface area contributed by atoms with Crippen molar-refractivity contribution in [1.82, 2.24) is 4.90 Å². The van der Waals surface area contributed by atoms with Crippen LogP contribution in [-0.2, 0) is 20.8 Å². The molecule has 4 rings (SSSR count). The molecule has 1 fully saturated rings. The van der Waals surface area contributed by atoms with Crippen molar-refractivity contribution in [2.45, 2.75) is 90.1 Å².